The smallest absolute Gasteiger partial charge is 0.224 e. The second-order valence-electron chi connectivity index (χ2n) is 6.10. The summed E-state index contributed by atoms with van der Waals surface area (Å²) >= 11 is 0. The quantitative estimate of drug-likeness (QED) is 0.892. The van der Waals surface area contributed by atoms with E-state index < -0.39 is 0 Å². The number of imidazole rings is 1. The number of para-hydroxylation sites is 1. The minimum absolute atomic E-state index is 0.0140. The number of H-pyrrole nitrogens is 1. The van der Waals surface area contributed by atoms with Crippen LogP contribution in [0, 0.1) is 12.8 Å². The van der Waals surface area contributed by atoms with Gasteiger partial charge in [0.2, 0.25) is 5.91 Å². The summed E-state index contributed by atoms with van der Waals surface area (Å²) in [6.07, 6.45) is 2.48. The highest BCUT2D eigenvalue weighted by molar-refractivity contribution is 5.80. The van der Waals surface area contributed by atoms with Crippen molar-refractivity contribution in [1.29, 1.82) is 0 Å². The summed E-state index contributed by atoms with van der Waals surface area (Å²) < 4.78 is 5.63. The Hall–Kier alpha value is -2.30. The molecule has 0 fully saturated rings. The number of aryl methyl sites for hydroxylation is 2. The third-order valence-corrected chi connectivity index (χ3v) is 4.55. The van der Waals surface area contributed by atoms with E-state index in [1.54, 1.807) is 0 Å². The summed E-state index contributed by atoms with van der Waals surface area (Å²) in [5, 5.41) is 3.14. The molecule has 2 aliphatic rings. The Kier molecular flexibility index (Phi) is 3.13. The standard InChI is InChI=1S/C17H19N3O2/c1-10-18-13-7-6-11(8-14(13)19-10)17(21)20-15-9-22-16-5-3-2-4-12(15)16/h2-5,11,15H,6-9H2,1H3,(H,18,19)(H,20,21)/t11-,15+/m1/s1. The van der Waals surface area contributed by atoms with Crippen LogP contribution in [0.25, 0.3) is 0 Å². The summed E-state index contributed by atoms with van der Waals surface area (Å²) in [7, 11) is 0. The van der Waals surface area contributed by atoms with Crippen LogP contribution in [0.2, 0.25) is 0 Å². The molecule has 1 aromatic carbocycles. The highest BCUT2D eigenvalue weighted by Gasteiger charge is 2.31. The lowest BCUT2D eigenvalue weighted by Crippen LogP contribution is -2.37. The van der Waals surface area contributed by atoms with Crippen molar-refractivity contribution in [2.24, 2.45) is 5.92 Å². The van der Waals surface area contributed by atoms with E-state index in [0.29, 0.717) is 6.61 Å². The molecule has 1 amide bonds. The van der Waals surface area contributed by atoms with Crippen LogP contribution in [-0.2, 0) is 17.6 Å². The summed E-state index contributed by atoms with van der Waals surface area (Å²) in [5.41, 5.74) is 3.31. The summed E-state index contributed by atoms with van der Waals surface area (Å²) in [5.74, 6) is 1.94. The lowest BCUT2D eigenvalue weighted by Gasteiger charge is -2.22. The van der Waals surface area contributed by atoms with Gasteiger partial charge in [-0.05, 0) is 25.8 Å². The maximum Gasteiger partial charge on any atom is 0.224 e. The van der Waals surface area contributed by atoms with Crippen LogP contribution in [0.4, 0.5) is 0 Å². The number of carbonyl (C=O) groups excluding carboxylic acids is 1. The Morgan fingerprint density at radius 1 is 1.41 bits per heavy atom. The number of benzene rings is 1. The highest BCUT2D eigenvalue weighted by atomic mass is 16.5. The Morgan fingerprint density at radius 3 is 3.18 bits per heavy atom. The van der Waals surface area contributed by atoms with Crippen molar-refractivity contribution in [3.8, 4) is 5.75 Å². The van der Waals surface area contributed by atoms with Gasteiger partial charge < -0.3 is 15.0 Å². The number of aromatic amines is 1. The van der Waals surface area contributed by atoms with Gasteiger partial charge in [0, 0.05) is 23.6 Å². The molecule has 0 radical (unpaired) electrons. The Labute approximate surface area is 129 Å². The van der Waals surface area contributed by atoms with E-state index in [0.717, 1.165) is 47.8 Å². The number of carbonyl (C=O) groups is 1. The molecule has 0 spiro atoms. The van der Waals surface area contributed by atoms with Gasteiger partial charge >= 0.3 is 0 Å². The van der Waals surface area contributed by atoms with Crippen molar-refractivity contribution in [3.05, 3.63) is 47.0 Å². The molecule has 22 heavy (non-hydrogen) atoms. The summed E-state index contributed by atoms with van der Waals surface area (Å²) in [6, 6.07) is 7.86. The van der Waals surface area contributed by atoms with Crippen LogP contribution in [0.15, 0.2) is 24.3 Å². The number of amides is 1. The molecule has 2 aromatic rings. The van der Waals surface area contributed by atoms with E-state index >= 15 is 0 Å². The third-order valence-electron chi connectivity index (χ3n) is 4.55. The average Bonchev–Trinajstić information content (AvgIpc) is 3.09. The normalized spacial score (nSPS) is 22.6. The fourth-order valence-corrected chi connectivity index (χ4v) is 3.42. The Balaban J connectivity index is 1.46. The highest BCUT2D eigenvalue weighted by Crippen LogP contribution is 2.32. The first kappa shape index (κ1) is 13.4. The number of hydrogen-bond donors (Lipinski definition) is 2. The number of rotatable bonds is 2. The number of ether oxygens (including phenoxy) is 1. The molecule has 4 rings (SSSR count). The molecule has 5 nitrogen and oxygen atoms in total. The van der Waals surface area contributed by atoms with Gasteiger partial charge in [-0.15, -0.1) is 0 Å². The van der Waals surface area contributed by atoms with Gasteiger partial charge in [-0.3, -0.25) is 4.79 Å². The predicted molar refractivity (Wildman–Crippen MR) is 81.7 cm³/mol. The van der Waals surface area contributed by atoms with Crippen LogP contribution >= 0.6 is 0 Å². The average molecular weight is 297 g/mol. The van der Waals surface area contributed by atoms with Crippen LogP contribution in [0.3, 0.4) is 0 Å². The fourth-order valence-electron chi connectivity index (χ4n) is 3.42. The SMILES string of the molecule is Cc1nc2c([nH]1)C[C@H](C(=O)N[C@H]1COc3ccccc31)CC2. The first-order chi connectivity index (χ1) is 10.7. The van der Waals surface area contributed by atoms with Gasteiger partial charge in [0.1, 0.15) is 18.2 Å². The van der Waals surface area contributed by atoms with E-state index in [2.05, 4.69) is 15.3 Å². The number of fused-ring (bicyclic) bond motifs is 2. The minimum atomic E-state index is -0.0337. The first-order valence-electron chi connectivity index (χ1n) is 7.77. The molecule has 1 aliphatic carbocycles. The lowest BCUT2D eigenvalue weighted by molar-refractivity contribution is -0.126. The van der Waals surface area contributed by atoms with Crippen molar-refractivity contribution in [3.63, 3.8) is 0 Å². The van der Waals surface area contributed by atoms with E-state index in [9.17, 15) is 4.79 Å². The molecular weight excluding hydrogens is 278 g/mol. The Morgan fingerprint density at radius 2 is 2.27 bits per heavy atom. The molecular formula is C17H19N3O2. The lowest BCUT2D eigenvalue weighted by atomic mass is 9.89. The zero-order valence-corrected chi connectivity index (χ0v) is 12.6. The summed E-state index contributed by atoms with van der Waals surface area (Å²) in [4.78, 5) is 20.3. The Bertz CT molecular complexity index is 722. The molecule has 2 atom stereocenters. The van der Waals surface area contributed by atoms with Crippen LogP contribution in [0.5, 0.6) is 5.75 Å². The monoisotopic (exact) mass is 297 g/mol. The molecule has 2 N–H and O–H groups in total. The molecule has 0 saturated carbocycles. The molecule has 5 heteroatoms. The molecule has 2 heterocycles. The van der Waals surface area contributed by atoms with E-state index in [4.69, 9.17) is 4.74 Å². The van der Waals surface area contributed by atoms with Gasteiger partial charge in [-0.25, -0.2) is 4.98 Å². The second-order valence-corrected chi connectivity index (χ2v) is 6.10. The first-order valence-corrected chi connectivity index (χ1v) is 7.77. The largest absolute Gasteiger partial charge is 0.491 e. The van der Waals surface area contributed by atoms with Crippen LogP contribution in [0.1, 0.15) is 35.2 Å². The zero-order valence-electron chi connectivity index (χ0n) is 12.6. The predicted octanol–water partition coefficient (Wildman–Crippen LogP) is 2.07. The summed E-state index contributed by atoms with van der Waals surface area (Å²) in [6.45, 7) is 2.48. The molecule has 0 unspecified atom stereocenters. The molecule has 0 bridgehead atoms. The van der Waals surface area contributed by atoms with Crippen LogP contribution < -0.4 is 10.1 Å². The van der Waals surface area contributed by atoms with Gasteiger partial charge in [0.05, 0.1) is 11.7 Å². The zero-order chi connectivity index (χ0) is 15.1. The number of aromatic nitrogens is 2. The molecule has 114 valence electrons. The van der Waals surface area contributed by atoms with Gasteiger partial charge in [0.25, 0.3) is 0 Å². The van der Waals surface area contributed by atoms with Crippen molar-refractivity contribution >= 4 is 5.91 Å². The number of nitrogens with zero attached hydrogens (tertiary/aromatic N) is 1. The number of nitrogens with one attached hydrogen (secondary N) is 2. The van der Waals surface area contributed by atoms with Gasteiger partial charge in [-0.1, -0.05) is 18.2 Å². The number of hydrogen-bond acceptors (Lipinski definition) is 3. The van der Waals surface area contributed by atoms with Crippen molar-refractivity contribution in [1.82, 2.24) is 15.3 Å². The molecule has 0 saturated heterocycles. The van der Waals surface area contributed by atoms with Crippen molar-refractivity contribution in [2.45, 2.75) is 32.2 Å². The van der Waals surface area contributed by atoms with Gasteiger partial charge in [0.15, 0.2) is 0 Å². The van der Waals surface area contributed by atoms with Crippen molar-refractivity contribution < 1.29 is 9.53 Å². The van der Waals surface area contributed by atoms with Crippen molar-refractivity contribution in [2.75, 3.05) is 6.61 Å². The van der Waals surface area contributed by atoms with Crippen LogP contribution in [-0.4, -0.2) is 22.5 Å². The van der Waals surface area contributed by atoms with E-state index in [-0.39, 0.29) is 17.9 Å². The second kappa shape index (κ2) is 5.16. The van der Waals surface area contributed by atoms with Gasteiger partial charge in [-0.2, -0.15) is 0 Å². The topological polar surface area (TPSA) is 67.0 Å². The maximum atomic E-state index is 12.6. The fraction of sp³-hybridized carbons (Fsp3) is 0.412. The molecule has 1 aliphatic heterocycles. The molecule has 1 aromatic heterocycles. The van der Waals surface area contributed by atoms with E-state index in [1.807, 2.05) is 31.2 Å². The minimum Gasteiger partial charge on any atom is -0.491 e. The third kappa shape index (κ3) is 2.26. The maximum absolute atomic E-state index is 12.6. The van der Waals surface area contributed by atoms with E-state index in [1.165, 1.54) is 0 Å².